The second kappa shape index (κ2) is 11.4. The van der Waals surface area contributed by atoms with Crippen molar-refractivity contribution >= 4 is 17.3 Å². The summed E-state index contributed by atoms with van der Waals surface area (Å²) < 4.78 is 5.12. The molecule has 4 rings (SSSR count). The molecule has 1 aliphatic carbocycles. The van der Waals surface area contributed by atoms with E-state index >= 15 is 0 Å². The molecule has 0 amide bonds. The van der Waals surface area contributed by atoms with Gasteiger partial charge in [-0.05, 0) is 47.1 Å². The topological polar surface area (TPSA) is 46.3 Å². The maximum absolute atomic E-state index is 5.12. The van der Waals surface area contributed by atoms with Crippen LogP contribution in [0.4, 0.5) is 0 Å². The zero-order chi connectivity index (χ0) is 19.4. The van der Waals surface area contributed by atoms with Gasteiger partial charge < -0.3 is 4.74 Å². The van der Waals surface area contributed by atoms with E-state index in [-0.39, 0.29) is 5.54 Å². The second-order valence-corrected chi connectivity index (χ2v) is 7.21. The zero-order valence-electron chi connectivity index (χ0n) is 17.1. The van der Waals surface area contributed by atoms with Crippen molar-refractivity contribution in [1.29, 1.82) is 0 Å². The highest BCUT2D eigenvalue weighted by Gasteiger charge is 2.23. The lowest BCUT2D eigenvalue weighted by Gasteiger charge is -2.07. The lowest BCUT2D eigenvalue weighted by Crippen LogP contribution is -2.17. The minimum atomic E-state index is 0.0318. The summed E-state index contributed by atoms with van der Waals surface area (Å²) >= 11 is 0. The highest BCUT2D eigenvalue weighted by molar-refractivity contribution is 5.94. The van der Waals surface area contributed by atoms with Gasteiger partial charge in [-0.2, -0.15) is 0 Å². The molecule has 0 N–H and O–H groups in total. The van der Waals surface area contributed by atoms with E-state index in [1.165, 1.54) is 17.7 Å². The van der Waals surface area contributed by atoms with Gasteiger partial charge in [0, 0.05) is 31.0 Å². The van der Waals surface area contributed by atoms with E-state index < -0.39 is 0 Å². The average Bonchev–Trinajstić information content (AvgIpc) is 3.34. The Hall–Kier alpha value is -2.23. The zero-order valence-corrected chi connectivity index (χ0v) is 17.1. The molecule has 0 spiro atoms. The van der Waals surface area contributed by atoms with E-state index in [2.05, 4.69) is 66.1 Å². The van der Waals surface area contributed by atoms with E-state index in [9.17, 15) is 0 Å². The van der Waals surface area contributed by atoms with Gasteiger partial charge in [-0.1, -0.05) is 36.0 Å². The first kappa shape index (κ1) is 21.8. The molecule has 26 heavy (non-hydrogen) atoms. The third-order valence-electron chi connectivity index (χ3n) is 3.67. The minimum Gasteiger partial charge on any atom is -0.479 e. The van der Waals surface area contributed by atoms with Crippen molar-refractivity contribution in [2.45, 2.75) is 59.9 Å². The van der Waals surface area contributed by atoms with Crippen molar-refractivity contribution in [2.24, 2.45) is 15.0 Å². The van der Waals surface area contributed by atoms with Crippen LogP contribution in [0.3, 0.4) is 0 Å². The van der Waals surface area contributed by atoms with Gasteiger partial charge in [0.1, 0.15) is 6.61 Å². The van der Waals surface area contributed by atoms with Gasteiger partial charge >= 0.3 is 0 Å². The molecule has 0 atom stereocenters. The van der Waals surface area contributed by atoms with Crippen LogP contribution in [0.5, 0.6) is 0 Å². The highest BCUT2D eigenvalue weighted by atomic mass is 16.5. The van der Waals surface area contributed by atoms with Crippen molar-refractivity contribution in [1.82, 2.24) is 0 Å². The number of hydrogen-bond donors (Lipinski definition) is 0. The van der Waals surface area contributed by atoms with Gasteiger partial charge in [0.25, 0.3) is 0 Å². The van der Waals surface area contributed by atoms with Crippen molar-refractivity contribution in [3.8, 4) is 0 Å². The first-order valence-electron chi connectivity index (χ1n) is 9.16. The molecule has 0 saturated heterocycles. The first-order valence-corrected chi connectivity index (χ1v) is 9.16. The Morgan fingerprint density at radius 2 is 1.77 bits per heavy atom. The van der Waals surface area contributed by atoms with Crippen molar-refractivity contribution < 1.29 is 4.74 Å². The Bertz CT molecular complexity index is 628. The number of nitrogens with zero attached hydrogens (tertiary/aromatic N) is 3. The molecule has 4 aliphatic rings. The number of aliphatic imine (C=N–C) groups is 3. The molecule has 4 nitrogen and oxygen atoms in total. The predicted octanol–water partition coefficient (Wildman–Crippen LogP) is 5.49. The lowest BCUT2D eigenvalue weighted by molar-refractivity contribution is 0.277. The second-order valence-electron chi connectivity index (χ2n) is 7.21. The molecular formula is C22H33N3O. The summed E-state index contributed by atoms with van der Waals surface area (Å²) in [5.74, 6) is 0.815. The molecule has 3 heterocycles. The maximum atomic E-state index is 5.12. The maximum Gasteiger partial charge on any atom is 0.180 e. The molecule has 0 aromatic rings. The van der Waals surface area contributed by atoms with Crippen LogP contribution in [-0.2, 0) is 4.74 Å². The van der Waals surface area contributed by atoms with Crippen LogP contribution in [0.2, 0.25) is 0 Å². The normalized spacial score (nSPS) is 20.4. The van der Waals surface area contributed by atoms with Gasteiger partial charge in [0.15, 0.2) is 5.90 Å². The Labute approximate surface area is 158 Å². The quantitative estimate of drug-likeness (QED) is 0.567. The Morgan fingerprint density at radius 3 is 1.92 bits per heavy atom. The molecule has 0 saturated carbocycles. The fourth-order valence-corrected chi connectivity index (χ4v) is 2.25. The van der Waals surface area contributed by atoms with Gasteiger partial charge in [-0.3, -0.25) is 9.98 Å². The van der Waals surface area contributed by atoms with Crippen molar-refractivity contribution in [3.63, 3.8) is 0 Å². The summed E-state index contributed by atoms with van der Waals surface area (Å²) in [5.41, 5.74) is 3.87. The molecular weight excluding hydrogens is 322 g/mol. The number of ether oxygens (including phenoxy) is 1. The smallest absolute Gasteiger partial charge is 0.180 e. The SMILES string of the molecule is CC1=CC=CC1.CC1=NC(C)(C)CO1.CC1=NC=CC1.CC1=NCC=C1. The molecule has 0 aromatic carbocycles. The molecule has 0 aromatic heterocycles. The van der Waals surface area contributed by atoms with Crippen molar-refractivity contribution in [2.75, 3.05) is 13.2 Å². The highest BCUT2D eigenvalue weighted by Crippen LogP contribution is 2.15. The Morgan fingerprint density at radius 1 is 1.00 bits per heavy atom. The van der Waals surface area contributed by atoms with Gasteiger partial charge in [-0.15, -0.1) is 0 Å². The first-order chi connectivity index (χ1) is 12.3. The Balaban J connectivity index is 0.000000175. The van der Waals surface area contributed by atoms with Crippen molar-refractivity contribution in [3.05, 3.63) is 48.2 Å². The van der Waals surface area contributed by atoms with Crippen LogP contribution < -0.4 is 0 Å². The molecule has 4 heteroatoms. The van der Waals surface area contributed by atoms with Crippen LogP contribution in [0.1, 0.15) is 54.4 Å². The number of hydrogen-bond acceptors (Lipinski definition) is 4. The molecule has 0 fully saturated rings. The summed E-state index contributed by atoms with van der Waals surface area (Å²) in [4.78, 5) is 12.2. The van der Waals surface area contributed by atoms with Crippen LogP contribution >= 0.6 is 0 Å². The van der Waals surface area contributed by atoms with E-state index in [1.54, 1.807) is 0 Å². The molecule has 0 unspecified atom stereocenters. The molecule has 142 valence electrons. The summed E-state index contributed by atoms with van der Waals surface area (Å²) in [5, 5.41) is 0. The Kier molecular flexibility index (Phi) is 9.56. The van der Waals surface area contributed by atoms with Crippen LogP contribution in [0.15, 0.2) is 63.2 Å². The van der Waals surface area contributed by atoms with E-state index in [4.69, 9.17) is 4.74 Å². The van der Waals surface area contributed by atoms with Crippen LogP contribution in [0.25, 0.3) is 0 Å². The van der Waals surface area contributed by atoms with E-state index in [0.717, 1.165) is 31.2 Å². The van der Waals surface area contributed by atoms with Crippen LogP contribution in [-0.4, -0.2) is 36.0 Å². The largest absolute Gasteiger partial charge is 0.479 e. The lowest BCUT2D eigenvalue weighted by atomic mass is 10.1. The summed E-state index contributed by atoms with van der Waals surface area (Å²) in [6.07, 6.45) is 16.6. The van der Waals surface area contributed by atoms with Gasteiger partial charge in [0.05, 0.1) is 12.1 Å². The third kappa shape index (κ3) is 10.6. The number of allylic oxidation sites excluding steroid dienone is 6. The summed E-state index contributed by atoms with van der Waals surface area (Å²) in [7, 11) is 0. The van der Waals surface area contributed by atoms with Crippen LogP contribution in [0, 0.1) is 0 Å². The molecule has 0 bridgehead atoms. The molecule has 3 aliphatic heterocycles. The fourth-order valence-electron chi connectivity index (χ4n) is 2.25. The standard InChI is InChI=1S/C6H11NO.C6H8.2C5H7N/c1-5-7-6(2,3)4-8-5;1-6-4-2-3-5-6;2*1-5-3-2-4-6-5/h4H2,1-3H3;2-4H,5H2,1H3;2,4H,3H2,1H3;2-3H,4H2,1H3. The summed E-state index contributed by atoms with van der Waals surface area (Å²) in [6, 6.07) is 0. The van der Waals surface area contributed by atoms with E-state index in [1.807, 2.05) is 33.0 Å². The minimum absolute atomic E-state index is 0.0318. The third-order valence-corrected chi connectivity index (χ3v) is 3.67. The predicted molar refractivity (Wildman–Crippen MR) is 115 cm³/mol. The summed E-state index contributed by atoms with van der Waals surface area (Å²) in [6.45, 7) is 13.8. The average molecular weight is 356 g/mol. The van der Waals surface area contributed by atoms with E-state index in [0.29, 0.717) is 0 Å². The van der Waals surface area contributed by atoms with Gasteiger partial charge in [-0.25, -0.2) is 4.99 Å². The fraction of sp³-hybridized carbons (Fsp3) is 0.500. The van der Waals surface area contributed by atoms with Gasteiger partial charge in [0.2, 0.25) is 0 Å². The molecule has 0 radical (unpaired) electrons. The number of rotatable bonds is 0. The monoisotopic (exact) mass is 355 g/mol.